The third-order valence-corrected chi connectivity index (χ3v) is 1.99. The topological polar surface area (TPSA) is 15.8 Å². The fourth-order valence-corrected chi connectivity index (χ4v) is 1.31. The maximum atomic E-state index is 3.06. The van der Waals surface area contributed by atoms with Crippen LogP contribution in [0.15, 0.2) is 60.8 Å². The SMILES string of the molecule is Cl.Cl.[CH3-].[CH3-].[CH3-].[CH3-].[CH3-].[Si]=[Zr].[c-]1ccc[nH]1.c1ccc2[cH-]ccc2c1. The van der Waals surface area contributed by atoms with E-state index in [1.54, 1.807) is 0 Å². The number of nitrogens with one attached hydrogen (secondary N) is 1. The number of halogens is 2. The van der Waals surface area contributed by atoms with Crippen LogP contribution >= 0.6 is 24.8 Å². The molecule has 0 bridgehead atoms. The molecule has 5 heteroatoms. The van der Waals surface area contributed by atoms with Crippen LogP contribution in [-0.4, -0.2) is 11.9 Å². The van der Waals surface area contributed by atoms with Gasteiger partial charge in [-0.1, -0.05) is 6.07 Å². The second-order valence-electron chi connectivity index (χ2n) is 2.97. The Labute approximate surface area is 174 Å². The van der Waals surface area contributed by atoms with E-state index in [9.17, 15) is 0 Å². The molecule has 1 heterocycles. The fraction of sp³-hybridized carbons (Fsp3) is 0. The van der Waals surface area contributed by atoms with Crippen LogP contribution < -0.4 is 0 Å². The van der Waals surface area contributed by atoms with E-state index in [1.807, 2.05) is 18.3 Å². The number of rotatable bonds is 0. The number of benzene rings is 1. The van der Waals surface area contributed by atoms with Crippen molar-refractivity contribution in [2.24, 2.45) is 0 Å². The molecule has 23 heavy (non-hydrogen) atoms. The summed E-state index contributed by atoms with van der Waals surface area (Å²) in [5.74, 6) is 0. The molecule has 0 atom stereocenters. The number of hydrogen-bond donors (Lipinski definition) is 1. The minimum atomic E-state index is 0. The smallest absolute Gasteiger partial charge is 0.0809 e. The summed E-state index contributed by atoms with van der Waals surface area (Å²) in [4.78, 5) is 2.74. The molecule has 2 radical (unpaired) electrons. The van der Waals surface area contributed by atoms with Gasteiger partial charge in [-0.2, -0.15) is 35.8 Å². The summed E-state index contributed by atoms with van der Waals surface area (Å²) in [6.45, 7) is 3.06. The first-order valence-electron chi connectivity index (χ1n) is 4.82. The van der Waals surface area contributed by atoms with Gasteiger partial charge in [0, 0.05) is 0 Å². The van der Waals surface area contributed by atoms with Crippen molar-refractivity contribution in [3.63, 3.8) is 0 Å². The van der Waals surface area contributed by atoms with E-state index < -0.39 is 0 Å². The minimum Gasteiger partial charge on any atom is -0.484 e. The van der Waals surface area contributed by atoms with Crippen LogP contribution in [0, 0.1) is 43.3 Å². The number of fused-ring (bicyclic) bond motifs is 1. The van der Waals surface area contributed by atoms with Crippen LogP contribution in [0.3, 0.4) is 0 Å². The van der Waals surface area contributed by atoms with Gasteiger partial charge in [-0.3, -0.25) is 0 Å². The van der Waals surface area contributed by atoms with E-state index >= 15 is 0 Å². The van der Waals surface area contributed by atoms with Crippen molar-refractivity contribution in [3.8, 4) is 0 Å². The largest absolute Gasteiger partial charge is 0.484 e. The third-order valence-electron chi connectivity index (χ3n) is 1.99. The first-order valence-corrected chi connectivity index (χ1v) is 9.00. The Bertz CT molecular complexity index is 451. The van der Waals surface area contributed by atoms with Gasteiger partial charge in [0.15, 0.2) is 0 Å². The first kappa shape index (κ1) is 43.4. The predicted molar refractivity (Wildman–Crippen MR) is 111 cm³/mol. The molecule has 1 nitrogen and oxygen atoms in total. The van der Waals surface area contributed by atoms with Gasteiger partial charge in [0.2, 0.25) is 0 Å². The van der Waals surface area contributed by atoms with Gasteiger partial charge in [-0.15, -0.1) is 60.7 Å². The Balaban J connectivity index is -0.0000000333. The molecule has 0 unspecified atom stereocenters. The average molecular weight is 449 g/mol. The molecule has 0 amide bonds. The van der Waals surface area contributed by atoms with E-state index in [2.05, 4.69) is 60.5 Å². The monoisotopic (exact) mass is 446 g/mol. The van der Waals surface area contributed by atoms with Crippen LogP contribution in [0.1, 0.15) is 0 Å². The summed E-state index contributed by atoms with van der Waals surface area (Å²) in [5.41, 5.74) is 0. The molecular weight excluding hydrogens is 420 g/mol. The second-order valence-corrected chi connectivity index (χ2v) is 2.97. The summed E-state index contributed by atoms with van der Waals surface area (Å²) >= 11 is 1.36. The Hall–Kier alpha value is -0.210. The summed E-state index contributed by atoms with van der Waals surface area (Å²) in [5, 5.41) is 2.66. The maximum Gasteiger partial charge on any atom is -0.0809 e. The van der Waals surface area contributed by atoms with E-state index in [4.69, 9.17) is 0 Å². The molecule has 0 fully saturated rings. The molecule has 3 aromatic rings. The number of H-pyrrole nitrogens is 1. The number of aromatic amines is 1. The molecule has 0 aliphatic heterocycles. The van der Waals surface area contributed by atoms with Gasteiger partial charge >= 0.3 is 30.2 Å². The van der Waals surface area contributed by atoms with Crippen molar-refractivity contribution in [2.75, 3.05) is 0 Å². The first-order chi connectivity index (χ1) is 7.97. The zero-order valence-electron chi connectivity index (χ0n) is 14.6. The Morgan fingerprint density at radius 1 is 0.870 bits per heavy atom. The molecule has 1 aromatic heterocycles. The molecule has 0 aliphatic rings. The third kappa shape index (κ3) is 18.0. The van der Waals surface area contributed by atoms with Gasteiger partial charge < -0.3 is 42.1 Å². The van der Waals surface area contributed by atoms with Crippen molar-refractivity contribution in [3.05, 3.63) is 104 Å². The van der Waals surface area contributed by atoms with Crippen molar-refractivity contribution >= 4 is 42.5 Å². The summed E-state index contributed by atoms with van der Waals surface area (Å²) in [6.07, 6.45) is 4.56. The Morgan fingerprint density at radius 2 is 1.43 bits per heavy atom. The second kappa shape index (κ2) is 29.8. The van der Waals surface area contributed by atoms with Crippen molar-refractivity contribution < 1.29 is 23.3 Å². The molecular formula is C18H28Cl2NSiZr-7. The normalized spacial score (nSPS) is 5.87. The molecule has 3 rings (SSSR count). The Kier molecular flexibility index (Phi) is 56.2. The van der Waals surface area contributed by atoms with Crippen LogP contribution in [0.5, 0.6) is 0 Å². The van der Waals surface area contributed by atoms with Gasteiger partial charge in [-0.05, 0) is 0 Å². The van der Waals surface area contributed by atoms with Crippen LogP contribution in [-0.2, 0) is 23.3 Å². The van der Waals surface area contributed by atoms with Gasteiger partial charge in [0.1, 0.15) is 0 Å². The summed E-state index contributed by atoms with van der Waals surface area (Å²) < 4.78 is 0. The van der Waals surface area contributed by atoms with Crippen molar-refractivity contribution in [1.29, 1.82) is 0 Å². The van der Waals surface area contributed by atoms with Gasteiger partial charge in [0.05, 0.1) is 0 Å². The van der Waals surface area contributed by atoms with E-state index in [0.29, 0.717) is 0 Å². The Morgan fingerprint density at radius 3 is 1.83 bits per heavy atom. The summed E-state index contributed by atoms with van der Waals surface area (Å²) in [6, 6.07) is 18.4. The van der Waals surface area contributed by atoms with Crippen molar-refractivity contribution in [1.82, 2.24) is 4.98 Å². The van der Waals surface area contributed by atoms with Crippen molar-refractivity contribution in [2.45, 2.75) is 0 Å². The minimum absolute atomic E-state index is 0. The molecule has 0 saturated heterocycles. The van der Waals surface area contributed by atoms with Gasteiger partial charge in [0.25, 0.3) is 0 Å². The molecule has 1 N–H and O–H groups in total. The zero-order chi connectivity index (χ0) is 11.6. The standard InChI is InChI=1S/C9H7.C4H4N.5CH3.2ClH.Si.Zr/c1-2-5-9-7-3-6-8(9)4-1;1-2-4-5-3-1;;;;;;;;;/h1-7H;1-3,5H;5*1H3;2*1H;;/q7*-1;;;;. The number of hydrogen-bond acceptors (Lipinski definition) is 0. The molecule has 2 aromatic carbocycles. The summed E-state index contributed by atoms with van der Waals surface area (Å²) in [7, 11) is 0. The van der Waals surface area contributed by atoms with Crippen LogP contribution in [0.2, 0.25) is 0 Å². The van der Waals surface area contributed by atoms with E-state index in [-0.39, 0.29) is 61.9 Å². The predicted octanol–water partition coefficient (Wildman–Crippen LogP) is 6.09. The molecule has 0 aliphatic carbocycles. The fourth-order valence-electron chi connectivity index (χ4n) is 1.31. The maximum absolute atomic E-state index is 3.06. The van der Waals surface area contributed by atoms with E-state index in [0.717, 1.165) is 0 Å². The van der Waals surface area contributed by atoms with Crippen LogP contribution in [0.4, 0.5) is 0 Å². The number of aromatic nitrogens is 1. The molecule has 0 spiro atoms. The van der Waals surface area contributed by atoms with Gasteiger partial charge in [-0.25, -0.2) is 0 Å². The van der Waals surface area contributed by atoms with Crippen LogP contribution in [0.25, 0.3) is 10.8 Å². The molecule has 0 saturated carbocycles. The zero-order valence-corrected chi connectivity index (χ0v) is 19.7. The molecule has 134 valence electrons. The van der Waals surface area contributed by atoms with E-state index in [1.165, 1.54) is 34.1 Å². The average Bonchev–Trinajstić information content (AvgIpc) is 3.06. The quantitative estimate of drug-likeness (QED) is 0.317.